The zero-order valence-corrected chi connectivity index (χ0v) is 7.14. The van der Waals surface area contributed by atoms with Gasteiger partial charge in [0.25, 0.3) is 5.09 Å². The Hall–Kier alpha value is -1.84. The molecule has 0 aromatic heterocycles. The third-order valence-electron chi connectivity index (χ3n) is 1.40. The van der Waals surface area contributed by atoms with E-state index in [1.165, 1.54) is 6.07 Å². The van der Waals surface area contributed by atoms with Gasteiger partial charge in [0, 0.05) is 0 Å². The smallest absolute Gasteiger partial charge is 0.276 e. The Morgan fingerprint density at radius 3 is 2.92 bits per heavy atom. The molecule has 0 atom stereocenters. The zero-order valence-electron chi connectivity index (χ0n) is 7.14. The summed E-state index contributed by atoms with van der Waals surface area (Å²) in [5.74, 6) is 0.237. The molecule has 0 amide bonds. The van der Waals surface area contributed by atoms with Crippen molar-refractivity contribution in [1.29, 1.82) is 0 Å². The Morgan fingerprint density at radius 1 is 1.54 bits per heavy atom. The van der Waals surface area contributed by atoms with Crippen molar-refractivity contribution in [3.05, 3.63) is 46.0 Å². The van der Waals surface area contributed by atoms with Crippen molar-refractivity contribution < 1.29 is 9.92 Å². The molecule has 0 radical (unpaired) electrons. The molecule has 1 aromatic rings. The lowest BCUT2D eigenvalue weighted by molar-refractivity contribution is -0.711. The van der Waals surface area contributed by atoms with Crippen molar-refractivity contribution in [3.8, 4) is 5.75 Å². The van der Waals surface area contributed by atoms with Crippen molar-refractivity contribution in [2.75, 3.05) is 0 Å². The summed E-state index contributed by atoms with van der Waals surface area (Å²) in [6.07, 6.45) is 3.69. The van der Waals surface area contributed by atoms with Gasteiger partial charge in [-0.25, -0.2) is 0 Å². The van der Waals surface area contributed by atoms with Crippen LogP contribution >= 0.6 is 0 Å². The van der Waals surface area contributed by atoms with Gasteiger partial charge < -0.3 is 0 Å². The molecule has 0 aliphatic heterocycles. The molecule has 13 heavy (non-hydrogen) atoms. The van der Waals surface area contributed by atoms with Gasteiger partial charge in [0.2, 0.25) is 0 Å². The van der Waals surface area contributed by atoms with Gasteiger partial charge in [0.1, 0.15) is 5.75 Å². The van der Waals surface area contributed by atoms with E-state index in [1.807, 2.05) is 25.1 Å². The first-order chi connectivity index (χ1) is 6.22. The topological polar surface area (TPSA) is 52.4 Å². The van der Waals surface area contributed by atoms with Crippen LogP contribution in [0.3, 0.4) is 0 Å². The standard InChI is InChI=1S/C9H9NO3/c1-2-4-8-5-3-6-9(7-8)13-10(11)12/h2-7H,1H3. The molecule has 4 heteroatoms. The van der Waals surface area contributed by atoms with Crippen molar-refractivity contribution in [3.63, 3.8) is 0 Å². The van der Waals surface area contributed by atoms with E-state index < -0.39 is 5.09 Å². The minimum absolute atomic E-state index is 0.237. The van der Waals surface area contributed by atoms with E-state index in [1.54, 1.807) is 12.1 Å². The van der Waals surface area contributed by atoms with E-state index in [0.29, 0.717) is 0 Å². The lowest BCUT2D eigenvalue weighted by Crippen LogP contribution is -2.03. The van der Waals surface area contributed by atoms with Gasteiger partial charge in [-0.1, -0.05) is 24.3 Å². The van der Waals surface area contributed by atoms with Crippen LogP contribution in [-0.2, 0) is 0 Å². The summed E-state index contributed by atoms with van der Waals surface area (Å²) >= 11 is 0. The first-order valence-corrected chi connectivity index (χ1v) is 3.77. The van der Waals surface area contributed by atoms with Gasteiger partial charge in [0.05, 0.1) is 0 Å². The van der Waals surface area contributed by atoms with Crippen LogP contribution in [0.15, 0.2) is 30.3 Å². The van der Waals surface area contributed by atoms with Crippen LogP contribution in [0.1, 0.15) is 12.5 Å². The van der Waals surface area contributed by atoms with Crippen LogP contribution < -0.4 is 4.84 Å². The molecule has 0 unspecified atom stereocenters. The Balaban J connectivity index is 2.85. The van der Waals surface area contributed by atoms with Crippen LogP contribution in [0.2, 0.25) is 0 Å². The molecule has 1 aromatic carbocycles. The monoisotopic (exact) mass is 179 g/mol. The van der Waals surface area contributed by atoms with Crippen LogP contribution in [0.5, 0.6) is 5.75 Å². The average Bonchev–Trinajstić information content (AvgIpc) is 2.04. The molecule has 0 bridgehead atoms. The molecular weight excluding hydrogens is 170 g/mol. The van der Waals surface area contributed by atoms with Gasteiger partial charge in [0.15, 0.2) is 0 Å². The van der Waals surface area contributed by atoms with Crippen LogP contribution in [0, 0.1) is 10.1 Å². The largest absolute Gasteiger partial charge is 0.299 e. The average molecular weight is 179 g/mol. The highest BCUT2D eigenvalue weighted by Gasteiger charge is 1.98. The second kappa shape index (κ2) is 4.25. The molecular formula is C9H9NO3. The molecule has 0 N–H and O–H groups in total. The second-order valence-corrected chi connectivity index (χ2v) is 2.39. The summed E-state index contributed by atoms with van der Waals surface area (Å²) in [5.41, 5.74) is 0.877. The molecule has 68 valence electrons. The summed E-state index contributed by atoms with van der Waals surface area (Å²) in [6, 6.07) is 6.68. The van der Waals surface area contributed by atoms with E-state index in [0.717, 1.165) is 5.56 Å². The van der Waals surface area contributed by atoms with Gasteiger partial charge in [-0.05, 0) is 24.6 Å². The quantitative estimate of drug-likeness (QED) is 0.528. The maximum Gasteiger partial charge on any atom is 0.299 e. The molecule has 0 aliphatic rings. The fourth-order valence-electron chi connectivity index (χ4n) is 0.954. The first kappa shape index (κ1) is 9.25. The molecule has 1 rings (SSSR count). The maximum atomic E-state index is 10.0. The van der Waals surface area contributed by atoms with Gasteiger partial charge in [-0.3, -0.25) is 4.84 Å². The first-order valence-electron chi connectivity index (χ1n) is 3.77. The number of allylic oxidation sites excluding steroid dienone is 1. The third kappa shape index (κ3) is 2.94. The van der Waals surface area contributed by atoms with E-state index in [-0.39, 0.29) is 5.75 Å². The lowest BCUT2D eigenvalue weighted by Gasteiger charge is -1.98. The minimum Gasteiger partial charge on any atom is -0.276 e. The van der Waals surface area contributed by atoms with Crippen LogP contribution in [0.4, 0.5) is 0 Å². The Bertz CT molecular complexity index is 333. The summed E-state index contributed by atoms with van der Waals surface area (Å²) < 4.78 is 0. The normalized spacial score (nSPS) is 10.2. The van der Waals surface area contributed by atoms with Crippen LogP contribution in [-0.4, -0.2) is 5.09 Å². The number of rotatable bonds is 3. The Morgan fingerprint density at radius 2 is 2.31 bits per heavy atom. The summed E-state index contributed by atoms with van der Waals surface area (Å²) in [5, 5.41) is 9.18. The van der Waals surface area contributed by atoms with Crippen molar-refractivity contribution in [2.45, 2.75) is 6.92 Å². The molecule has 0 fully saturated rings. The number of hydrogen-bond donors (Lipinski definition) is 0. The Labute approximate surface area is 75.6 Å². The third-order valence-corrected chi connectivity index (χ3v) is 1.40. The maximum absolute atomic E-state index is 10.0. The minimum atomic E-state index is -0.825. The number of benzene rings is 1. The molecule has 0 saturated carbocycles. The zero-order chi connectivity index (χ0) is 9.68. The second-order valence-electron chi connectivity index (χ2n) is 2.39. The van der Waals surface area contributed by atoms with Crippen LogP contribution in [0.25, 0.3) is 6.08 Å². The molecule has 4 nitrogen and oxygen atoms in total. The summed E-state index contributed by atoms with van der Waals surface area (Å²) in [6.45, 7) is 1.88. The van der Waals surface area contributed by atoms with Gasteiger partial charge >= 0.3 is 0 Å². The summed E-state index contributed by atoms with van der Waals surface area (Å²) in [4.78, 5) is 14.3. The predicted octanol–water partition coefficient (Wildman–Crippen LogP) is 2.29. The summed E-state index contributed by atoms with van der Waals surface area (Å²) in [7, 11) is 0. The van der Waals surface area contributed by atoms with E-state index in [9.17, 15) is 10.1 Å². The molecule has 0 spiro atoms. The Kier molecular flexibility index (Phi) is 3.03. The fourth-order valence-corrected chi connectivity index (χ4v) is 0.954. The van der Waals surface area contributed by atoms with E-state index in [4.69, 9.17) is 0 Å². The molecule has 0 heterocycles. The SMILES string of the molecule is CC=Cc1cccc(O[N+](=O)[O-])c1. The van der Waals surface area contributed by atoms with Gasteiger partial charge in [-0.2, -0.15) is 0 Å². The lowest BCUT2D eigenvalue weighted by atomic mass is 10.2. The van der Waals surface area contributed by atoms with E-state index in [2.05, 4.69) is 4.84 Å². The van der Waals surface area contributed by atoms with E-state index >= 15 is 0 Å². The van der Waals surface area contributed by atoms with Crippen molar-refractivity contribution in [2.24, 2.45) is 0 Å². The fraction of sp³-hybridized carbons (Fsp3) is 0.111. The molecule has 0 aliphatic carbocycles. The highest BCUT2D eigenvalue weighted by atomic mass is 17.0. The predicted molar refractivity (Wildman–Crippen MR) is 48.8 cm³/mol. The number of nitrogens with zero attached hydrogens (tertiary/aromatic N) is 1. The highest BCUT2D eigenvalue weighted by Crippen LogP contribution is 2.14. The number of hydrogen-bond acceptors (Lipinski definition) is 3. The van der Waals surface area contributed by atoms with Gasteiger partial charge in [-0.15, -0.1) is 10.1 Å². The highest BCUT2D eigenvalue weighted by molar-refractivity contribution is 5.51. The van der Waals surface area contributed by atoms with Crippen molar-refractivity contribution in [1.82, 2.24) is 0 Å². The van der Waals surface area contributed by atoms with Crippen molar-refractivity contribution >= 4 is 6.08 Å². The molecule has 0 saturated heterocycles.